The van der Waals surface area contributed by atoms with Gasteiger partial charge in [0, 0.05) is 12.1 Å². The van der Waals surface area contributed by atoms with Gasteiger partial charge in [0.15, 0.2) is 0 Å². The van der Waals surface area contributed by atoms with Crippen molar-refractivity contribution in [1.29, 1.82) is 0 Å². The summed E-state index contributed by atoms with van der Waals surface area (Å²) in [7, 11) is 0. The van der Waals surface area contributed by atoms with Crippen molar-refractivity contribution in [2.75, 3.05) is 0 Å². The largest absolute Gasteiger partial charge is 0.300 e. The number of aromatic nitrogens is 2. The summed E-state index contributed by atoms with van der Waals surface area (Å²) in [5.74, 6) is 2.64. The van der Waals surface area contributed by atoms with Crippen LogP contribution in [0.25, 0.3) is 11.3 Å². The van der Waals surface area contributed by atoms with Crippen molar-refractivity contribution in [2.45, 2.75) is 19.5 Å². The average molecular weight is 225 g/mol. The molecular formula is C14H15N3. The van der Waals surface area contributed by atoms with Gasteiger partial charge in [-0.15, -0.1) is 6.42 Å². The molecule has 1 aromatic heterocycles. The monoisotopic (exact) mass is 225 g/mol. The summed E-state index contributed by atoms with van der Waals surface area (Å²) in [4.78, 5) is 0. The third-order valence-electron chi connectivity index (χ3n) is 2.63. The number of benzene rings is 1. The van der Waals surface area contributed by atoms with Crippen LogP contribution in [0.5, 0.6) is 0 Å². The summed E-state index contributed by atoms with van der Waals surface area (Å²) in [5.41, 5.74) is 3.30. The molecule has 2 aromatic rings. The Labute approximate surface area is 101 Å². The summed E-state index contributed by atoms with van der Waals surface area (Å²) >= 11 is 0. The first-order chi connectivity index (χ1) is 8.31. The van der Waals surface area contributed by atoms with Crippen LogP contribution in [0.2, 0.25) is 0 Å². The molecule has 0 saturated heterocycles. The van der Waals surface area contributed by atoms with Crippen LogP contribution in [-0.2, 0) is 6.54 Å². The second kappa shape index (κ2) is 5.33. The maximum atomic E-state index is 5.32. The highest BCUT2D eigenvalue weighted by Crippen LogP contribution is 2.20. The molecule has 0 radical (unpaired) electrons. The molecule has 17 heavy (non-hydrogen) atoms. The predicted molar refractivity (Wildman–Crippen MR) is 69.2 cm³/mol. The first-order valence-corrected chi connectivity index (χ1v) is 5.58. The molecule has 1 heterocycles. The predicted octanol–water partition coefficient (Wildman–Crippen LogP) is 2.19. The zero-order valence-electron chi connectivity index (χ0n) is 9.77. The lowest BCUT2D eigenvalue weighted by molar-refractivity contribution is 0.649. The van der Waals surface area contributed by atoms with Gasteiger partial charge in [-0.3, -0.25) is 10.4 Å². The lowest BCUT2D eigenvalue weighted by atomic mass is 10.1. The van der Waals surface area contributed by atoms with E-state index in [1.165, 1.54) is 0 Å². The van der Waals surface area contributed by atoms with E-state index in [4.69, 9.17) is 6.42 Å². The normalized spacial score (nSPS) is 12.0. The Bertz CT molecular complexity index is 508. The van der Waals surface area contributed by atoms with Crippen LogP contribution in [-0.4, -0.2) is 16.2 Å². The topological polar surface area (TPSA) is 40.7 Å². The maximum Gasteiger partial charge on any atom is 0.0695 e. The van der Waals surface area contributed by atoms with Gasteiger partial charge in [-0.2, -0.15) is 5.10 Å². The van der Waals surface area contributed by atoms with Crippen molar-refractivity contribution in [3.05, 3.63) is 42.1 Å². The summed E-state index contributed by atoms with van der Waals surface area (Å²) in [6, 6.07) is 10.2. The van der Waals surface area contributed by atoms with Gasteiger partial charge in [0.2, 0.25) is 0 Å². The molecule has 1 atom stereocenters. The van der Waals surface area contributed by atoms with E-state index in [1.807, 2.05) is 31.3 Å². The highest BCUT2D eigenvalue weighted by molar-refractivity contribution is 5.62. The third kappa shape index (κ3) is 2.74. The minimum absolute atomic E-state index is 0.0634. The molecule has 0 aliphatic rings. The molecule has 3 heteroatoms. The number of hydrogen-bond donors (Lipinski definition) is 2. The first-order valence-electron chi connectivity index (χ1n) is 5.58. The molecule has 2 rings (SSSR count). The minimum Gasteiger partial charge on any atom is -0.300 e. The molecule has 0 fully saturated rings. The van der Waals surface area contributed by atoms with E-state index in [-0.39, 0.29) is 6.04 Å². The van der Waals surface area contributed by atoms with E-state index in [0.717, 1.165) is 16.8 Å². The molecule has 0 aliphatic carbocycles. The second-order valence-electron chi connectivity index (χ2n) is 3.91. The molecule has 0 spiro atoms. The third-order valence-corrected chi connectivity index (χ3v) is 2.63. The Morgan fingerprint density at radius 1 is 1.41 bits per heavy atom. The molecule has 1 aromatic carbocycles. The minimum atomic E-state index is 0.0634. The summed E-state index contributed by atoms with van der Waals surface area (Å²) in [6.45, 7) is 2.67. The zero-order chi connectivity index (χ0) is 12.1. The molecule has 86 valence electrons. The Morgan fingerprint density at radius 2 is 2.18 bits per heavy atom. The summed E-state index contributed by atoms with van der Waals surface area (Å²) in [6.07, 6.45) is 7.16. The van der Waals surface area contributed by atoms with E-state index >= 15 is 0 Å². The van der Waals surface area contributed by atoms with E-state index in [0.29, 0.717) is 6.54 Å². The molecule has 3 nitrogen and oxygen atoms in total. The highest BCUT2D eigenvalue weighted by Gasteiger charge is 2.07. The number of aromatic amines is 1. The smallest absolute Gasteiger partial charge is 0.0695 e. The second-order valence-corrected chi connectivity index (χ2v) is 3.91. The standard InChI is InChI=1S/C14H15N3/c1-3-11(2)15-9-13-10-16-17-14(13)12-7-5-4-6-8-12/h1,4-8,10-11,15H,9H2,2H3,(H,16,17). The van der Waals surface area contributed by atoms with Crippen LogP contribution in [0.4, 0.5) is 0 Å². The molecule has 2 N–H and O–H groups in total. The van der Waals surface area contributed by atoms with Gasteiger partial charge in [-0.1, -0.05) is 36.3 Å². The van der Waals surface area contributed by atoms with E-state index in [2.05, 4.69) is 33.6 Å². The highest BCUT2D eigenvalue weighted by atomic mass is 15.1. The van der Waals surface area contributed by atoms with Gasteiger partial charge >= 0.3 is 0 Å². The van der Waals surface area contributed by atoms with Gasteiger partial charge in [-0.05, 0) is 12.5 Å². The molecule has 0 bridgehead atoms. The summed E-state index contributed by atoms with van der Waals surface area (Å²) < 4.78 is 0. The Hall–Kier alpha value is -2.05. The van der Waals surface area contributed by atoms with Crippen molar-refractivity contribution in [3.8, 4) is 23.6 Å². The number of rotatable bonds is 4. The van der Waals surface area contributed by atoms with E-state index in [1.54, 1.807) is 0 Å². The molecule has 0 saturated carbocycles. The summed E-state index contributed by atoms with van der Waals surface area (Å²) in [5, 5.41) is 10.4. The fourth-order valence-corrected chi connectivity index (χ4v) is 1.62. The van der Waals surface area contributed by atoms with Crippen molar-refractivity contribution in [3.63, 3.8) is 0 Å². The van der Waals surface area contributed by atoms with Crippen LogP contribution in [0.15, 0.2) is 36.5 Å². The lowest BCUT2D eigenvalue weighted by Crippen LogP contribution is -2.23. The molecule has 0 aliphatic heterocycles. The SMILES string of the molecule is C#CC(C)NCc1cn[nH]c1-c1ccccc1. The van der Waals surface area contributed by atoms with Crippen LogP contribution in [0.3, 0.4) is 0 Å². The quantitative estimate of drug-likeness (QED) is 0.783. The molecular weight excluding hydrogens is 210 g/mol. The van der Waals surface area contributed by atoms with E-state index < -0.39 is 0 Å². The van der Waals surface area contributed by atoms with Crippen LogP contribution >= 0.6 is 0 Å². The van der Waals surface area contributed by atoms with Crippen molar-refractivity contribution in [2.24, 2.45) is 0 Å². The van der Waals surface area contributed by atoms with Crippen molar-refractivity contribution < 1.29 is 0 Å². The fourth-order valence-electron chi connectivity index (χ4n) is 1.62. The maximum absolute atomic E-state index is 5.32. The first kappa shape index (κ1) is 11.4. The van der Waals surface area contributed by atoms with Gasteiger partial charge in [0.05, 0.1) is 17.9 Å². The lowest BCUT2D eigenvalue weighted by Gasteiger charge is -2.07. The Morgan fingerprint density at radius 3 is 2.88 bits per heavy atom. The van der Waals surface area contributed by atoms with Gasteiger partial charge in [0.25, 0.3) is 0 Å². The fraction of sp³-hybridized carbons (Fsp3) is 0.214. The molecule has 0 amide bonds. The van der Waals surface area contributed by atoms with E-state index in [9.17, 15) is 0 Å². The van der Waals surface area contributed by atoms with Crippen molar-refractivity contribution >= 4 is 0 Å². The van der Waals surface area contributed by atoms with Gasteiger partial charge in [0.1, 0.15) is 0 Å². The number of H-pyrrole nitrogens is 1. The van der Waals surface area contributed by atoms with Crippen LogP contribution < -0.4 is 5.32 Å². The van der Waals surface area contributed by atoms with Crippen LogP contribution in [0.1, 0.15) is 12.5 Å². The zero-order valence-corrected chi connectivity index (χ0v) is 9.77. The van der Waals surface area contributed by atoms with Crippen molar-refractivity contribution in [1.82, 2.24) is 15.5 Å². The van der Waals surface area contributed by atoms with Crippen LogP contribution in [0, 0.1) is 12.3 Å². The average Bonchev–Trinajstić information content (AvgIpc) is 2.85. The Kier molecular flexibility index (Phi) is 3.59. The number of nitrogens with one attached hydrogen (secondary N) is 2. The van der Waals surface area contributed by atoms with Gasteiger partial charge < -0.3 is 0 Å². The van der Waals surface area contributed by atoms with Gasteiger partial charge in [-0.25, -0.2) is 0 Å². The number of hydrogen-bond acceptors (Lipinski definition) is 2. The Balaban J connectivity index is 2.16. The molecule has 1 unspecified atom stereocenters. The number of nitrogens with zero attached hydrogens (tertiary/aromatic N) is 1. The number of terminal acetylenes is 1.